The van der Waals surface area contributed by atoms with E-state index in [1.54, 1.807) is 16.8 Å². The first kappa shape index (κ1) is 19.6. The summed E-state index contributed by atoms with van der Waals surface area (Å²) in [5.41, 5.74) is 3.49. The molecule has 0 radical (unpaired) electrons. The highest BCUT2D eigenvalue weighted by Gasteiger charge is 2.13. The highest BCUT2D eigenvalue weighted by molar-refractivity contribution is 7.21. The number of nitrogens with one attached hydrogen (secondary N) is 1. The van der Waals surface area contributed by atoms with Gasteiger partial charge in [-0.15, -0.1) is 11.3 Å². The van der Waals surface area contributed by atoms with Gasteiger partial charge in [0.15, 0.2) is 0 Å². The van der Waals surface area contributed by atoms with Crippen LogP contribution in [-0.2, 0) is 4.79 Å². The summed E-state index contributed by atoms with van der Waals surface area (Å²) in [4.78, 5) is 15.6. The summed E-state index contributed by atoms with van der Waals surface area (Å²) in [5, 5.41) is 9.90. The minimum absolute atomic E-state index is 0.341. The van der Waals surface area contributed by atoms with Gasteiger partial charge in [-0.2, -0.15) is 0 Å². The van der Waals surface area contributed by atoms with Crippen molar-refractivity contribution in [1.82, 2.24) is 10.5 Å². The van der Waals surface area contributed by atoms with E-state index >= 15 is 0 Å². The largest absolute Gasteiger partial charge is 0.492 e. The Morgan fingerprint density at radius 3 is 2.74 bits per heavy atom. The number of unbranched alkanes of at least 4 members (excludes halogenated alkanes) is 3. The molecular formula is C20H21ClN2O3S. The number of amides is 1. The molecule has 0 atom stereocenters. The Labute approximate surface area is 166 Å². The molecule has 3 aromatic rings. The topological polar surface area (TPSA) is 71.5 Å². The van der Waals surface area contributed by atoms with E-state index in [2.05, 4.69) is 11.1 Å². The van der Waals surface area contributed by atoms with Crippen molar-refractivity contribution in [3.63, 3.8) is 0 Å². The molecule has 2 N–H and O–H groups in total. The standard InChI is InChI=1S/C20H21ClN2O3S/c21-19-14(20-22-15-9-4-5-11-17(15)27-20)8-7-10-16(19)26-13-6-2-1-3-12-18(24)23-25/h4-5,7-11,25H,1-3,6,12-13H2,(H,23,24). The van der Waals surface area contributed by atoms with Gasteiger partial charge in [0.05, 0.1) is 21.8 Å². The Hall–Kier alpha value is -2.15. The van der Waals surface area contributed by atoms with Gasteiger partial charge in [-0.05, 0) is 31.0 Å². The second-order valence-corrected chi connectivity index (χ2v) is 7.56. The van der Waals surface area contributed by atoms with Gasteiger partial charge in [0.25, 0.3) is 0 Å². The number of hydrogen-bond donors (Lipinski definition) is 2. The second-order valence-electron chi connectivity index (χ2n) is 6.15. The third-order valence-electron chi connectivity index (χ3n) is 4.17. The predicted molar refractivity (Wildman–Crippen MR) is 109 cm³/mol. The van der Waals surface area contributed by atoms with Crippen LogP contribution in [0.15, 0.2) is 42.5 Å². The zero-order valence-corrected chi connectivity index (χ0v) is 16.4. The number of aromatic nitrogens is 1. The maximum Gasteiger partial charge on any atom is 0.243 e. The van der Waals surface area contributed by atoms with Gasteiger partial charge < -0.3 is 4.74 Å². The number of nitrogens with zero attached hydrogens (tertiary/aromatic N) is 1. The lowest BCUT2D eigenvalue weighted by Gasteiger charge is -2.10. The van der Waals surface area contributed by atoms with Gasteiger partial charge in [0.1, 0.15) is 10.8 Å². The number of ether oxygens (including phenoxy) is 1. The Morgan fingerprint density at radius 1 is 1.11 bits per heavy atom. The van der Waals surface area contributed by atoms with Crippen LogP contribution in [0.3, 0.4) is 0 Å². The smallest absolute Gasteiger partial charge is 0.243 e. The van der Waals surface area contributed by atoms with E-state index in [1.807, 2.05) is 36.4 Å². The summed E-state index contributed by atoms with van der Waals surface area (Å²) >= 11 is 8.17. The number of carbonyl (C=O) groups is 1. The van der Waals surface area contributed by atoms with Crippen LogP contribution in [0.4, 0.5) is 0 Å². The molecule has 7 heteroatoms. The molecule has 5 nitrogen and oxygen atoms in total. The fraction of sp³-hybridized carbons (Fsp3) is 0.300. The van der Waals surface area contributed by atoms with Crippen molar-refractivity contribution < 1.29 is 14.7 Å². The van der Waals surface area contributed by atoms with E-state index in [9.17, 15) is 4.79 Å². The van der Waals surface area contributed by atoms with Gasteiger partial charge in [0.2, 0.25) is 5.91 Å². The van der Waals surface area contributed by atoms with Crippen LogP contribution >= 0.6 is 22.9 Å². The van der Waals surface area contributed by atoms with Crippen LogP contribution in [0.2, 0.25) is 5.02 Å². The summed E-state index contributed by atoms with van der Waals surface area (Å²) in [6.07, 6.45) is 3.83. The number of hydroxylamine groups is 1. The zero-order valence-electron chi connectivity index (χ0n) is 14.8. The molecular weight excluding hydrogens is 384 g/mol. The van der Waals surface area contributed by atoms with Crippen LogP contribution in [0, 0.1) is 0 Å². The van der Waals surface area contributed by atoms with Crippen molar-refractivity contribution in [2.75, 3.05) is 6.61 Å². The molecule has 0 aliphatic rings. The molecule has 27 heavy (non-hydrogen) atoms. The van der Waals surface area contributed by atoms with Crippen molar-refractivity contribution in [2.24, 2.45) is 0 Å². The van der Waals surface area contributed by atoms with Gasteiger partial charge in [-0.3, -0.25) is 10.0 Å². The Bertz CT molecular complexity index is 880. The summed E-state index contributed by atoms with van der Waals surface area (Å²) < 4.78 is 6.98. The molecule has 0 saturated heterocycles. The maximum absolute atomic E-state index is 10.9. The first-order chi connectivity index (χ1) is 13.2. The number of hydrogen-bond acceptors (Lipinski definition) is 5. The molecule has 0 bridgehead atoms. The van der Waals surface area contributed by atoms with Crippen molar-refractivity contribution in [1.29, 1.82) is 0 Å². The summed E-state index contributed by atoms with van der Waals surface area (Å²) in [6, 6.07) is 13.8. The molecule has 0 spiro atoms. The average molecular weight is 405 g/mol. The lowest BCUT2D eigenvalue weighted by atomic mass is 10.1. The molecule has 1 amide bonds. The highest BCUT2D eigenvalue weighted by Crippen LogP contribution is 2.38. The van der Waals surface area contributed by atoms with Crippen molar-refractivity contribution in [3.05, 3.63) is 47.5 Å². The maximum atomic E-state index is 10.9. The summed E-state index contributed by atoms with van der Waals surface area (Å²) in [6.45, 7) is 0.565. The number of rotatable bonds is 9. The molecule has 142 valence electrons. The number of thiazole rings is 1. The van der Waals surface area contributed by atoms with Gasteiger partial charge in [-0.1, -0.05) is 48.7 Å². The molecule has 1 heterocycles. The number of para-hydroxylation sites is 1. The van der Waals surface area contributed by atoms with E-state index in [4.69, 9.17) is 21.5 Å². The van der Waals surface area contributed by atoms with Gasteiger partial charge in [0, 0.05) is 12.0 Å². The van der Waals surface area contributed by atoms with E-state index in [0.29, 0.717) is 23.8 Å². The van der Waals surface area contributed by atoms with Crippen LogP contribution in [-0.4, -0.2) is 22.7 Å². The van der Waals surface area contributed by atoms with Gasteiger partial charge >= 0.3 is 0 Å². The van der Waals surface area contributed by atoms with Crippen molar-refractivity contribution in [2.45, 2.75) is 32.1 Å². The van der Waals surface area contributed by atoms with Gasteiger partial charge in [-0.25, -0.2) is 10.5 Å². The second kappa shape index (κ2) is 9.69. The van der Waals surface area contributed by atoms with E-state index < -0.39 is 0 Å². The molecule has 2 aromatic carbocycles. The van der Waals surface area contributed by atoms with Crippen LogP contribution in [0.1, 0.15) is 32.1 Å². The Balaban J connectivity index is 1.55. The van der Waals surface area contributed by atoms with E-state index in [-0.39, 0.29) is 5.91 Å². The van der Waals surface area contributed by atoms with E-state index in [1.165, 1.54) is 0 Å². The highest BCUT2D eigenvalue weighted by atomic mass is 35.5. The summed E-state index contributed by atoms with van der Waals surface area (Å²) in [5.74, 6) is 0.317. The SMILES string of the molecule is O=C(CCCCCCOc1cccc(-c2nc3ccccc3s2)c1Cl)NO. The number of fused-ring (bicyclic) bond motifs is 1. The quantitative estimate of drug-likeness (QED) is 0.282. The molecule has 0 aliphatic heterocycles. The summed E-state index contributed by atoms with van der Waals surface area (Å²) in [7, 11) is 0. The minimum atomic E-state index is -0.343. The Morgan fingerprint density at radius 2 is 1.93 bits per heavy atom. The molecule has 0 fully saturated rings. The minimum Gasteiger partial charge on any atom is -0.492 e. The third kappa shape index (κ3) is 5.19. The Kier molecular flexibility index (Phi) is 7.04. The van der Waals surface area contributed by atoms with Crippen LogP contribution < -0.4 is 10.2 Å². The molecule has 1 aromatic heterocycles. The lowest BCUT2D eigenvalue weighted by Crippen LogP contribution is -2.17. The number of halogens is 1. The first-order valence-electron chi connectivity index (χ1n) is 8.89. The normalized spacial score (nSPS) is 10.9. The van der Waals surface area contributed by atoms with E-state index in [0.717, 1.165) is 46.5 Å². The van der Waals surface area contributed by atoms with Crippen LogP contribution in [0.25, 0.3) is 20.8 Å². The fourth-order valence-corrected chi connectivity index (χ4v) is 4.08. The zero-order chi connectivity index (χ0) is 19.1. The number of carbonyl (C=O) groups excluding carboxylic acids is 1. The number of benzene rings is 2. The molecule has 3 rings (SSSR count). The predicted octanol–water partition coefficient (Wildman–Crippen LogP) is 5.45. The van der Waals surface area contributed by atoms with Crippen molar-refractivity contribution >= 4 is 39.1 Å². The third-order valence-corrected chi connectivity index (χ3v) is 5.63. The van der Waals surface area contributed by atoms with Crippen LogP contribution in [0.5, 0.6) is 5.75 Å². The molecule has 0 aliphatic carbocycles. The molecule has 0 saturated carbocycles. The lowest BCUT2D eigenvalue weighted by molar-refractivity contribution is -0.129. The monoisotopic (exact) mass is 404 g/mol. The van der Waals surface area contributed by atoms with Crippen molar-refractivity contribution in [3.8, 4) is 16.3 Å². The first-order valence-corrected chi connectivity index (χ1v) is 10.1. The average Bonchev–Trinajstić information content (AvgIpc) is 3.12. The fourth-order valence-electron chi connectivity index (χ4n) is 2.75. The molecule has 0 unspecified atom stereocenters.